The lowest BCUT2D eigenvalue weighted by Gasteiger charge is -2.33. The highest BCUT2D eigenvalue weighted by Crippen LogP contribution is 2.42. The molecule has 1 nitrogen and oxygen atoms in total. The minimum Gasteiger partial charge on any atom is -0.198 e. The molecule has 0 bridgehead atoms. The van der Waals surface area contributed by atoms with Gasteiger partial charge in [0.2, 0.25) is 0 Å². The van der Waals surface area contributed by atoms with Crippen molar-refractivity contribution in [1.29, 1.82) is 5.26 Å². The Morgan fingerprint density at radius 2 is 2.07 bits per heavy atom. The fourth-order valence-corrected chi connectivity index (χ4v) is 2.19. The lowest BCUT2D eigenvalue weighted by Crippen LogP contribution is -2.25. The van der Waals surface area contributed by atoms with Crippen molar-refractivity contribution < 1.29 is 0 Å². The summed E-state index contributed by atoms with van der Waals surface area (Å²) in [6.07, 6.45) is 6.68. The molecule has 0 heterocycles. The van der Waals surface area contributed by atoms with Gasteiger partial charge in [0.1, 0.15) is 0 Å². The van der Waals surface area contributed by atoms with Gasteiger partial charge in [0.25, 0.3) is 0 Å². The Kier molecular flexibility index (Phi) is 3.75. The number of allylic oxidation sites excluding steroid dienone is 1. The minimum atomic E-state index is -0.0224. The molecule has 78 valence electrons. The molecule has 0 unspecified atom stereocenters. The standard InChI is InChI=1S/C13H21N/c1-11(2)4-7-13(10-14)8-5-12(3)6-9-13/h12H,1,4-9H2,2-3H3. The Balaban J connectivity index is 2.51. The average molecular weight is 191 g/mol. The highest BCUT2D eigenvalue weighted by molar-refractivity contribution is 5.03. The summed E-state index contributed by atoms with van der Waals surface area (Å²) in [6, 6.07) is 2.55. The Hall–Kier alpha value is -0.770. The van der Waals surface area contributed by atoms with Crippen LogP contribution in [0.15, 0.2) is 12.2 Å². The molecule has 0 amide bonds. The zero-order chi connectivity index (χ0) is 10.6. The highest BCUT2D eigenvalue weighted by atomic mass is 14.4. The molecule has 14 heavy (non-hydrogen) atoms. The summed E-state index contributed by atoms with van der Waals surface area (Å²) in [5.41, 5.74) is 1.18. The fourth-order valence-electron chi connectivity index (χ4n) is 2.19. The molecule has 0 aromatic rings. The van der Waals surface area contributed by atoms with E-state index in [-0.39, 0.29) is 5.41 Å². The van der Waals surface area contributed by atoms with E-state index in [4.69, 9.17) is 0 Å². The first-order valence-electron chi connectivity index (χ1n) is 5.64. The van der Waals surface area contributed by atoms with Gasteiger partial charge in [0, 0.05) is 0 Å². The van der Waals surface area contributed by atoms with Crippen molar-refractivity contribution in [2.75, 3.05) is 0 Å². The van der Waals surface area contributed by atoms with E-state index in [2.05, 4.69) is 26.5 Å². The van der Waals surface area contributed by atoms with Crippen molar-refractivity contribution in [3.8, 4) is 6.07 Å². The Bertz CT molecular complexity index is 238. The molecule has 0 aromatic carbocycles. The van der Waals surface area contributed by atoms with Crippen LogP contribution in [0.4, 0.5) is 0 Å². The third kappa shape index (κ3) is 2.87. The Labute approximate surface area is 87.8 Å². The lowest BCUT2D eigenvalue weighted by molar-refractivity contribution is 0.206. The molecule has 1 heteroatoms. The van der Waals surface area contributed by atoms with E-state index < -0.39 is 0 Å². The van der Waals surface area contributed by atoms with Crippen molar-refractivity contribution in [3.05, 3.63) is 12.2 Å². The van der Waals surface area contributed by atoms with E-state index in [1.54, 1.807) is 0 Å². The summed E-state index contributed by atoms with van der Waals surface area (Å²) in [7, 11) is 0. The molecule has 1 rings (SSSR count). The first-order chi connectivity index (χ1) is 6.58. The van der Waals surface area contributed by atoms with E-state index in [1.165, 1.54) is 18.4 Å². The molecule has 1 saturated carbocycles. The first kappa shape index (κ1) is 11.3. The first-order valence-corrected chi connectivity index (χ1v) is 5.64. The summed E-state index contributed by atoms with van der Waals surface area (Å²) in [4.78, 5) is 0. The predicted octanol–water partition coefficient (Wildman–Crippen LogP) is 4.06. The topological polar surface area (TPSA) is 23.8 Å². The van der Waals surface area contributed by atoms with Gasteiger partial charge in [-0.2, -0.15) is 5.26 Å². The van der Waals surface area contributed by atoms with Gasteiger partial charge in [-0.3, -0.25) is 0 Å². The number of nitriles is 1. The zero-order valence-corrected chi connectivity index (χ0v) is 9.47. The molecule has 1 fully saturated rings. The maximum Gasteiger partial charge on any atom is 0.0689 e. The molecule has 1 aliphatic rings. The maximum atomic E-state index is 9.26. The SMILES string of the molecule is C=C(C)CCC1(C#N)CCC(C)CC1. The van der Waals surface area contributed by atoms with Crippen LogP contribution in [0.1, 0.15) is 52.4 Å². The van der Waals surface area contributed by atoms with E-state index in [9.17, 15) is 5.26 Å². The van der Waals surface area contributed by atoms with Gasteiger partial charge < -0.3 is 0 Å². The maximum absolute atomic E-state index is 9.26. The van der Waals surface area contributed by atoms with Crippen molar-refractivity contribution in [2.45, 2.75) is 52.4 Å². The second-order valence-electron chi connectivity index (χ2n) is 5.03. The molecule has 0 N–H and O–H groups in total. The lowest BCUT2D eigenvalue weighted by atomic mass is 9.69. The van der Waals surface area contributed by atoms with E-state index in [1.807, 2.05) is 0 Å². The minimum absolute atomic E-state index is 0.0224. The molecule has 1 aliphatic carbocycles. The van der Waals surface area contributed by atoms with Crippen LogP contribution in [0.2, 0.25) is 0 Å². The summed E-state index contributed by atoms with van der Waals surface area (Å²) in [5.74, 6) is 0.821. The molecular weight excluding hydrogens is 170 g/mol. The number of rotatable bonds is 3. The summed E-state index contributed by atoms with van der Waals surface area (Å²) >= 11 is 0. The van der Waals surface area contributed by atoms with Crippen LogP contribution in [0.5, 0.6) is 0 Å². The Morgan fingerprint density at radius 3 is 2.50 bits per heavy atom. The van der Waals surface area contributed by atoms with Gasteiger partial charge in [-0.15, -0.1) is 6.58 Å². The monoisotopic (exact) mass is 191 g/mol. The molecule has 0 radical (unpaired) electrons. The molecular formula is C13H21N. The van der Waals surface area contributed by atoms with Gasteiger partial charge in [-0.1, -0.05) is 12.5 Å². The van der Waals surface area contributed by atoms with Crippen LogP contribution in [-0.4, -0.2) is 0 Å². The van der Waals surface area contributed by atoms with Crippen LogP contribution < -0.4 is 0 Å². The quantitative estimate of drug-likeness (QED) is 0.617. The predicted molar refractivity (Wildman–Crippen MR) is 59.7 cm³/mol. The Morgan fingerprint density at radius 1 is 1.50 bits per heavy atom. The number of hydrogen-bond acceptors (Lipinski definition) is 1. The van der Waals surface area contributed by atoms with Gasteiger partial charge in [-0.05, 0) is 51.4 Å². The largest absolute Gasteiger partial charge is 0.198 e. The van der Waals surface area contributed by atoms with Gasteiger partial charge >= 0.3 is 0 Å². The van der Waals surface area contributed by atoms with Gasteiger partial charge in [0.05, 0.1) is 11.5 Å². The summed E-state index contributed by atoms with van der Waals surface area (Å²) < 4.78 is 0. The third-order valence-electron chi connectivity index (χ3n) is 3.50. The van der Waals surface area contributed by atoms with Crippen LogP contribution in [0.25, 0.3) is 0 Å². The highest BCUT2D eigenvalue weighted by Gasteiger charge is 2.33. The number of hydrogen-bond donors (Lipinski definition) is 0. The number of nitrogens with zero attached hydrogens (tertiary/aromatic N) is 1. The van der Waals surface area contributed by atoms with Crippen LogP contribution in [-0.2, 0) is 0 Å². The molecule has 0 saturated heterocycles. The van der Waals surface area contributed by atoms with Crippen LogP contribution in [0.3, 0.4) is 0 Å². The molecule has 0 spiro atoms. The fraction of sp³-hybridized carbons (Fsp3) is 0.769. The van der Waals surface area contributed by atoms with E-state index >= 15 is 0 Å². The smallest absolute Gasteiger partial charge is 0.0689 e. The second kappa shape index (κ2) is 4.64. The molecule has 0 aliphatic heterocycles. The normalized spacial score (nSPS) is 32.2. The van der Waals surface area contributed by atoms with Crippen molar-refractivity contribution in [2.24, 2.45) is 11.3 Å². The summed E-state index contributed by atoms with van der Waals surface area (Å²) in [6.45, 7) is 8.25. The zero-order valence-electron chi connectivity index (χ0n) is 9.47. The average Bonchev–Trinajstić information content (AvgIpc) is 2.18. The van der Waals surface area contributed by atoms with Gasteiger partial charge in [-0.25, -0.2) is 0 Å². The van der Waals surface area contributed by atoms with Crippen molar-refractivity contribution in [1.82, 2.24) is 0 Å². The van der Waals surface area contributed by atoms with E-state index in [0.717, 1.165) is 31.6 Å². The van der Waals surface area contributed by atoms with Crippen molar-refractivity contribution >= 4 is 0 Å². The summed E-state index contributed by atoms with van der Waals surface area (Å²) in [5, 5.41) is 9.26. The molecule has 0 aromatic heterocycles. The molecule has 0 atom stereocenters. The van der Waals surface area contributed by atoms with Crippen LogP contribution in [0, 0.1) is 22.7 Å². The third-order valence-corrected chi connectivity index (χ3v) is 3.50. The van der Waals surface area contributed by atoms with Crippen molar-refractivity contribution in [3.63, 3.8) is 0 Å². The second-order valence-corrected chi connectivity index (χ2v) is 5.03. The van der Waals surface area contributed by atoms with E-state index in [0.29, 0.717) is 0 Å². The van der Waals surface area contributed by atoms with Crippen LogP contribution >= 0.6 is 0 Å². The van der Waals surface area contributed by atoms with Gasteiger partial charge in [0.15, 0.2) is 0 Å².